The minimum Gasteiger partial charge on any atom is -0.372 e. The fourth-order valence-electron chi connectivity index (χ4n) is 2.82. The van der Waals surface area contributed by atoms with Crippen LogP contribution in [0.1, 0.15) is 12.0 Å². The molecule has 1 aliphatic heterocycles. The number of halogens is 1. The summed E-state index contributed by atoms with van der Waals surface area (Å²) in [5, 5.41) is 3.23. The number of ether oxygens (including phenoxy) is 1. The second-order valence-corrected chi connectivity index (χ2v) is 8.04. The van der Waals surface area contributed by atoms with Crippen molar-refractivity contribution in [3.63, 3.8) is 0 Å². The molecular formula is C18H20FNO3S. The summed E-state index contributed by atoms with van der Waals surface area (Å²) in [5.74, 6) is -0.311. The predicted octanol–water partition coefficient (Wildman–Crippen LogP) is 2.77. The Bertz CT molecular complexity index is 813. The van der Waals surface area contributed by atoms with Crippen LogP contribution < -0.4 is 5.32 Å². The molecule has 24 heavy (non-hydrogen) atoms. The highest BCUT2D eigenvalue weighted by Gasteiger charge is 2.16. The first kappa shape index (κ1) is 17.1. The third-order valence-corrected chi connectivity index (χ3v) is 5.28. The molecule has 1 atom stereocenters. The smallest absolute Gasteiger partial charge is 0.175 e. The minimum atomic E-state index is -3.23. The molecule has 6 heteroatoms. The first-order valence-corrected chi connectivity index (χ1v) is 9.74. The van der Waals surface area contributed by atoms with E-state index >= 15 is 0 Å². The van der Waals surface area contributed by atoms with Crippen LogP contribution in [0.3, 0.4) is 0 Å². The second kappa shape index (κ2) is 7.01. The highest BCUT2D eigenvalue weighted by Crippen LogP contribution is 2.27. The molecule has 0 saturated carbocycles. The molecule has 1 N–H and O–H groups in total. The molecule has 0 bridgehead atoms. The van der Waals surface area contributed by atoms with Crippen molar-refractivity contribution in [2.45, 2.75) is 24.0 Å². The Morgan fingerprint density at radius 2 is 1.96 bits per heavy atom. The van der Waals surface area contributed by atoms with Crippen LogP contribution in [0.25, 0.3) is 11.1 Å². The van der Waals surface area contributed by atoms with Gasteiger partial charge in [-0.2, -0.15) is 0 Å². The van der Waals surface area contributed by atoms with E-state index in [9.17, 15) is 12.8 Å². The average Bonchev–Trinajstić information content (AvgIpc) is 3.06. The Balaban J connectivity index is 1.86. The summed E-state index contributed by atoms with van der Waals surface area (Å²) < 4.78 is 42.6. The van der Waals surface area contributed by atoms with Gasteiger partial charge < -0.3 is 10.1 Å². The zero-order chi connectivity index (χ0) is 17.2. The lowest BCUT2D eigenvalue weighted by atomic mass is 10.00. The summed E-state index contributed by atoms with van der Waals surface area (Å²) in [7, 11) is -3.23. The van der Waals surface area contributed by atoms with Gasteiger partial charge in [-0.3, -0.25) is 0 Å². The van der Waals surface area contributed by atoms with Crippen LogP contribution in [0.4, 0.5) is 4.39 Å². The van der Waals surface area contributed by atoms with Gasteiger partial charge in [-0.05, 0) is 53.9 Å². The summed E-state index contributed by atoms with van der Waals surface area (Å²) in [5.41, 5.74) is 2.45. The predicted molar refractivity (Wildman–Crippen MR) is 91.0 cm³/mol. The lowest BCUT2D eigenvalue weighted by molar-refractivity contribution is 0.0543. The highest BCUT2D eigenvalue weighted by molar-refractivity contribution is 7.90. The third kappa shape index (κ3) is 4.01. The number of benzene rings is 2. The lowest BCUT2D eigenvalue weighted by Crippen LogP contribution is -2.16. The Kier molecular flexibility index (Phi) is 4.99. The van der Waals surface area contributed by atoms with E-state index in [4.69, 9.17) is 4.74 Å². The number of sulfone groups is 1. The van der Waals surface area contributed by atoms with Gasteiger partial charge in [-0.1, -0.05) is 18.2 Å². The van der Waals surface area contributed by atoms with Gasteiger partial charge in [0.25, 0.3) is 0 Å². The molecule has 128 valence electrons. The van der Waals surface area contributed by atoms with E-state index in [1.54, 1.807) is 30.3 Å². The SMILES string of the molecule is CS(=O)(=O)c1ccc(-c2ccc(F)cc2COC2CCNC2)cc1. The largest absolute Gasteiger partial charge is 0.372 e. The van der Waals surface area contributed by atoms with Gasteiger partial charge in [0.2, 0.25) is 0 Å². The van der Waals surface area contributed by atoms with Crippen LogP contribution >= 0.6 is 0 Å². The molecule has 4 nitrogen and oxygen atoms in total. The van der Waals surface area contributed by atoms with Gasteiger partial charge >= 0.3 is 0 Å². The summed E-state index contributed by atoms with van der Waals surface area (Å²) in [6.07, 6.45) is 2.27. The second-order valence-electron chi connectivity index (χ2n) is 6.02. The number of rotatable bonds is 5. The molecule has 2 aromatic carbocycles. The lowest BCUT2D eigenvalue weighted by Gasteiger charge is -2.14. The molecule has 0 spiro atoms. The zero-order valence-electron chi connectivity index (χ0n) is 13.5. The maximum atomic E-state index is 13.6. The number of hydrogen-bond donors (Lipinski definition) is 1. The van der Waals surface area contributed by atoms with E-state index in [0.29, 0.717) is 6.61 Å². The fourth-order valence-corrected chi connectivity index (χ4v) is 3.45. The van der Waals surface area contributed by atoms with Crippen LogP contribution in [0.2, 0.25) is 0 Å². The quantitative estimate of drug-likeness (QED) is 0.902. The van der Waals surface area contributed by atoms with Crippen LogP contribution in [-0.4, -0.2) is 33.9 Å². The number of nitrogens with one attached hydrogen (secondary N) is 1. The van der Waals surface area contributed by atoms with Crippen molar-refractivity contribution < 1.29 is 17.5 Å². The van der Waals surface area contributed by atoms with Crippen molar-refractivity contribution in [1.29, 1.82) is 0 Å². The first-order valence-electron chi connectivity index (χ1n) is 7.85. The molecular weight excluding hydrogens is 329 g/mol. The molecule has 2 aromatic rings. The van der Waals surface area contributed by atoms with Crippen molar-refractivity contribution in [2.24, 2.45) is 0 Å². The maximum absolute atomic E-state index is 13.6. The molecule has 1 fully saturated rings. The van der Waals surface area contributed by atoms with Crippen molar-refractivity contribution in [3.8, 4) is 11.1 Å². The third-order valence-electron chi connectivity index (χ3n) is 4.15. The molecule has 0 aliphatic carbocycles. The standard InChI is InChI=1S/C18H20FNO3S/c1-24(21,22)17-5-2-13(3-6-17)18-7-4-15(19)10-14(18)12-23-16-8-9-20-11-16/h2-7,10,16,20H,8-9,11-12H2,1H3. The van der Waals surface area contributed by atoms with Crippen molar-refractivity contribution in [1.82, 2.24) is 5.32 Å². The molecule has 0 aromatic heterocycles. The molecule has 1 unspecified atom stereocenters. The monoisotopic (exact) mass is 349 g/mol. The van der Waals surface area contributed by atoms with Gasteiger partial charge in [0.05, 0.1) is 17.6 Å². The van der Waals surface area contributed by atoms with E-state index < -0.39 is 9.84 Å². The van der Waals surface area contributed by atoms with E-state index in [2.05, 4.69) is 5.32 Å². The van der Waals surface area contributed by atoms with E-state index in [1.165, 1.54) is 18.4 Å². The zero-order valence-corrected chi connectivity index (χ0v) is 14.3. The maximum Gasteiger partial charge on any atom is 0.175 e. The molecule has 0 radical (unpaired) electrons. The molecule has 1 saturated heterocycles. The number of hydrogen-bond acceptors (Lipinski definition) is 4. The fraction of sp³-hybridized carbons (Fsp3) is 0.333. The van der Waals surface area contributed by atoms with Crippen molar-refractivity contribution in [3.05, 3.63) is 53.8 Å². The summed E-state index contributed by atoms with van der Waals surface area (Å²) in [6.45, 7) is 2.08. The minimum absolute atomic E-state index is 0.147. The Morgan fingerprint density at radius 3 is 2.58 bits per heavy atom. The molecule has 0 amide bonds. The summed E-state index contributed by atoms with van der Waals surface area (Å²) in [6, 6.07) is 11.2. The van der Waals surface area contributed by atoms with Gasteiger partial charge in [0.15, 0.2) is 9.84 Å². The van der Waals surface area contributed by atoms with E-state index in [1.807, 2.05) is 0 Å². The van der Waals surface area contributed by atoms with Crippen LogP contribution in [0.15, 0.2) is 47.4 Å². The Hall–Kier alpha value is -1.76. The van der Waals surface area contributed by atoms with E-state index in [-0.39, 0.29) is 16.8 Å². The Morgan fingerprint density at radius 1 is 1.21 bits per heavy atom. The van der Waals surface area contributed by atoms with Crippen molar-refractivity contribution >= 4 is 9.84 Å². The van der Waals surface area contributed by atoms with Crippen LogP contribution in [0.5, 0.6) is 0 Å². The first-order chi connectivity index (χ1) is 11.4. The highest BCUT2D eigenvalue weighted by atomic mass is 32.2. The van der Waals surface area contributed by atoms with Crippen LogP contribution in [0, 0.1) is 5.82 Å². The molecule has 1 heterocycles. The van der Waals surface area contributed by atoms with Gasteiger partial charge in [-0.15, -0.1) is 0 Å². The van der Waals surface area contributed by atoms with Crippen molar-refractivity contribution in [2.75, 3.05) is 19.3 Å². The van der Waals surface area contributed by atoms with E-state index in [0.717, 1.165) is 36.2 Å². The van der Waals surface area contributed by atoms with Crippen LogP contribution in [-0.2, 0) is 21.2 Å². The Labute approximate surface area is 141 Å². The molecule has 3 rings (SSSR count). The summed E-state index contributed by atoms with van der Waals surface area (Å²) in [4.78, 5) is 0.267. The average molecular weight is 349 g/mol. The summed E-state index contributed by atoms with van der Waals surface area (Å²) >= 11 is 0. The topological polar surface area (TPSA) is 55.4 Å². The van der Waals surface area contributed by atoms with Gasteiger partial charge in [0.1, 0.15) is 5.82 Å². The van der Waals surface area contributed by atoms with Gasteiger partial charge in [0, 0.05) is 12.8 Å². The normalized spacial score (nSPS) is 18.0. The van der Waals surface area contributed by atoms with Gasteiger partial charge in [-0.25, -0.2) is 12.8 Å². The molecule has 1 aliphatic rings.